The molecular formula is C20H25NO. The van der Waals surface area contributed by atoms with Crippen molar-refractivity contribution >= 4 is 0 Å². The van der Waals surface area contributed by atoms with Gasteiger partial charge in [0.25, 0.3) is 0 Å². The first-order valence-corrected chi connectivity index (χ1v) is 8.30. The summed E-state index contributed by atoms with van der Waals surface area (Å²) in [7, 11) is 1.96. The Bertz CT molecular complexity index is 601. The Morgan fingerprint density at radius 2 is 1.73 bits per heavy atom. The molecule has 22 heavy (non-hydrogen) atoms. The summed E-state index contributed by atoms with van der Waals surface area (Å²) in [5.74, 6) is 0.349. The summed E-state index contributed by atoms with van der Waals surface area (Å²) >= 11 is 0. The summed E-state index contributed by atoms with van der Waals surface area (Å²) in [5.41, 5.74) is 4.15. The van der Waals surface area contributed by atoms with Crippen molar-refractivity contribution in [3.63, 3.8) is 0 Å². The van der Waals surface area contributed by atoms with E-state index in [9.17, 15) is 5.11 Å². The second-order valence-corrected chi connectivity index (χ2v) is 6.36. The quantitative estimate of drug-likeness (QED) is 0.855. The molecule has 0 amide bonds. The molecule has 0 saturated heterocycles. The van der Waals surface area contributed by atoms with Crippen molar-refractivity contribution in [1.82, 2.24) is 5.32 Å². The Labute approximate surface area is 133 Å². The van der Waals surface area contributed by atoms with Gasteiger partial charge in [0, 0.05) is 18.2 Å². The molecule has 0 aromatic heterocycles. The molecule has 1 fully saturated rings. The summed E-state index contributed by atoms with van der Waals surface area (Å²) < 4.78 is 0. The van der Waals surface area contributed by atoms with E-state index in [0.717, 1.165) is 12.1 Å². The molecule has 0 heterocycles. The Kier molecular flexibility index (Phi) is 4.37. The normalized spacial score (nSPS) is 20.8. The average Bonchev–Trinajstić information content (AvgIpc) is 2.82. The zero-order valence-electron chi connectivity index (χ0n) is 13.3. The topological polar surface area (TPSA) is 32.3 Å². The maximum absolute atomic E-state index is 9.62. The fourth-order valence-electron chi connectivity index (χ4n) is 3.88. The van der Waals surface area contributed by atoms with Gasteiger partial charge in [0.05, 0.1) is 0 Å². The van der Waals surface area contributed by atoms with E-state index in [4.69, 9.17) is 0 Å². The Morgan fingerprint density at radius 1 is 1.00 bits per heavy atom. The molecule has 0 unspecified atom stereocenters. The number of allylic oxidation sites excluding steroid dienone is 5. The summed E-state index contributed by atoms with van der Waals surface area (Å²) in [5, 5.41) is 12.8. The molecule has 2 aliphatic carbocycles. The number of hydrogen-bond acceptors (Lipinski definition) is 2. The second kappa shape index (κ2) is 6.43. The van der Waals surface area contributed by atoms with Gasteiger partial charge in [-0.3, -0.25) is 0 Å². The molecule has 0 atom stereocenters. The van der Waals surface area contributed by atoms with Crippen LogP contribution in [0, 0.1) is 0 Å². The number of phenols is 1. The van der Waals surface area contributed by atoms with Gasteiger partial charge in [-0.05, 0) is 49.1 Å². The highest BCUT2D eigenvalue weighted by atomic mass is 16.3. The third-order valence-corrected chi connectivity index (χ3v) is 5.13. The molecule has 2 N–H and O–H groups in total. The van der Waals surface area contributed by atoms with Crippen LogP contribution in [0.25, 0.3) is 0 Å². The van der Waals surface area contributed by atoms with Crippen LogP contribution in [-0.4, -0.2) is 12.2 Å². The molecular weight excluding hydrogens is 270 g/mol. The highest BCUT2D eigenvalue weighted by molar-refractivity contribution is 5.43. The Balaban J connectivity index is 2.03. The van der Waals surface area contributed by atoms with Gasteiger partial charge in [-0.15, -0.1) is 0 Å². The number of rotatable bonds is 3. The summed E-state index contributed by atoms with van der Waals surface area (Å²) in [6.07, 6.45) is 16.2. The lowest BCUT2D eigenvalue weighted by Gasteiger charge is -2.40. The second-order valence-electron chi connectivity index (χ2n) is 6.36. The van der Waals surface area contributed by atoms with Crippen LogP contribution < -0.4 is 5.32 Å². The van der Waals surface area contributed by atoms with Crippen LogP contribution in [0.15, 0.2) is 59.8 Å². The van der Waals surface area contributed by atoms with Crippen molar-refractivity contribution in [2.75, 3.05) is 7.05 Å². The van der Waals surface area contributed by atoms with Crippen LogP contribution in [-0.2, 0) is 5.41 Å². The average molecular weight is 295 g/mol. The molecule has 0 aliphatic heterocycles. The van der Waals surface area contributed by atoms with E-state index >= 15 is 0 Å². The fraction of sp³-hybridized carbons (Fsp3) is 0.400. The Morgan fingerprint density at radius 3 is 2.41 bits per heavy atom. The van der Waals surface area contributed by atoms with Crippen molar-refractivity contribution in [3.8, 4) is 5.75 Å². The van der Waals surface area contributed by atoms with Gasteiger partial charge in [-0.25, -0.2) is 0 Å². The Hall–Kier alpha value is -1.96. The van der Waals surface area contributed by atoms with E-state index < -0.39 is 0 Å². The SMILES string of the molecule is CNC1=CC=C(C2(c3ccc(O)cc3)CCCCC2)CC=C1. The van der Waals surface area contributed by atoms with Crippen LogP contribution >= 0.6 is 0 Å². The zero-order chi connectivity index (χ0) is 15.4. The van der Waals surface area contributed by atoms with Gasteiger partial charge >= 0.3 is 0 Å². The summed E-state index contributed by atoms with van der Waals surface area (Å²) in [4.78, 5) is 0. The van der Waals surface area contributed by atoms with Gasteiger partial charge in [-0.1, -0.05) is 49.1 Å². The fourth-order valence-corrected chi connectivity index (χ4v) is 3.88. The van der Waals surface area contributed by atoms with E-state index in [1.807, 2.05) is 19.2 Å². The number of benzene rings is 1. The van der Waals surface area contributed by atoms with Crippen LogP contribution in [0.2, 0.25) is 0 Å². The first-order valence-electron chi connectivity index (χ1n) is 8.30. The highest BCUT2D eigenvalue weighted by Gasteiger charge is 2.36. The number of likely N-dealkylation sites (N-methyl/N-ethyl adjacent to an activating group) is 1. The lowest BCUT2D eigenvalue weighted by atomic mass is 9.64. The minimum Gasteiger partial charge on any atom is -0.508 e. The number of phenolic OH excluding ortho intramolecular Hbond substituents is 1. The molecule has 1 aromatic rings. The van der Waals surface area contributed by atoms with Crippen molar-refractivity contribution in [1.29, 1.82) is 0 Å². The van der Waals surface area contributed by atoms with Gasteiger partial charge in [0.2, 0.25) is 0 Å². The minimum atomic E-state index is 0.135. The van der Waals surface area contributed by atoms with Gasteiger partial charge < -0.3 is 10.4 Å². The predicted octanol–water partition coefficient (Wildman–Crippen LogP) is 4.58. The first kappa shape index (κ1) is 15.0. The van der Waals surface area contributed by atoms with Gasteiger partial charge in [-0.2, -0.15) is 0 Å². The van der Waals surface area contributed by atoms with Gasteiger partial charge in [0.1, 0.15) is 5.75 Å². The molecule has 0 bridgehead atoms. The van der Waals surface area contributed by atoms with Crippen LogP contribution in [0.5, 0.6) is 5.75 Å². The van der Waals surface area contributed by atoms with Crippen molar-refractivity contribution in [3.05, 3.63) is 65.4 Å². The lowest BCUT2D eigenvalue weighted by molar-refractivity contribution is 0.335. The smallest absolute Gasteiger partial charge is 0.115 e. The molecule has 2 heteroatoms. The minimum absolute atomic E-state index is 0.135. The van der Waals surface area contributed by atoms with E-state index in [1.165, 1.54) is 43.2 Å². The van der Waals surface area contributed by atoms with Crippen molar-refractivity contribution in [2.24, 2.45) is 0 Å². The van der Waals surface area contributed by atoms with Crippen LogP contribution in [0.1, 0.15) is 44.1 Å². The molecule has 2 nitrogen and oxygen atoms in total. The zero-order valence-corrected chi connectivity index (χ0v) is 13.3. The summed E-state index contributed by atoms with van der Waals surface area (Å²) in [6.45, 7) is 0. The third kappa shape index (κ3) is 2.83. The first-order chi connectivity index (χ1) is 10.7. The molecule has 0 radical (unpaired) electrons. The van der Waals surface area contributed by atoms with Gasteiger partial charge in [0.15, 0.2) is 0 Å². The monoisotopic (exact) mass is 295 g/mol. The molecule has 116 valence electrons. The lowest BCUT2D eigenvalue weighted by Crippen LogP contribution is -2.31. The maximum atomic E-state index is 9.62. The number of nitrogens with one attached hydrogen (secondary N) is 1. The van der Waals surface area contributed by atoms with E-state index in [-0.39, 0.29) is 5.41 Å². The number of hydrogen-bond donors (Lipinski definition) is 2. The van der Waals surface area contributed by atoms with Crippen molar-refractivity contribution in [2.45, 2.75) is 43.9 Å². The van der Waals surface area contributed by atoms with Crippen LogP contribution in [0.4, 0.5) is 0 Å². The number of aromatic hydroxyl groups is 1. The van der Waals surface area contributed by atoms with E-state index in [0.29, 0.717) is 5.75 Å². The largest absolute Gasteiger partial charge is 0.508 e. The molecule has 1 saturated carbocycles. The van der Waals surface area contributed by atoms with Crippen LogP contribution in [0.3, 0.4) is 0 Å². The standard InChI is InChI=1S/C20H25NO/c1-21-18-7-5-6-16(8-11-18)20(14-3-2-4-15-20)17-9-12-19(22)13-10-17/h5,7-13,21-22H,2-4,6,14-15H2,1H3. The molecule has 2 aliphatic rings. The van der Waals surface area contributed by atoms with E-state index in [1.54, 1.807) is 0 Å². The van der Waals surface area contributed by atoms with E-state index in [2.05, 4.69) is 41.8 Å². The molecule has 1 aromatic carbocycles. The third-order valence-electron chi connectivity index (χ3n) is 5.13. The highest BCUT2D eigenvalue weighted by Crippen LogP contribution is 2.47. The predicted molar refractivity (Wildman–Crippen MR) is 91.9 cm³/mol. The maximum Gasteiger partial charge on any atom is 0.115 e. The van der Waals surface area contributed by atoms with Crippen molar-refractivity contribution < 1.29 is 5.11 Å². The molecule has 0 spiro atoms. The summed E-state index contributed by atoms with van der Waals surface area (Å²) in [6, 6.07) is 7.87. The molecule has 3 rings (SSSR count).